The third kappa shape index (κ3) is 3.16. The van der Waals surface area contributed by atoms with Crippen LogP contribution in [0.1, 0.15) is 27.0 Å². The van der Waals surface area contributed by atoms with Crippen molar-refractivity contribution in [2.75, 3.05) is 18.2 Å². The number of ether oxygens (including phenoxy) is 1. The number of hydrogen-bond acceptors (Lipinski definition) is 3. The number of hydrogen-bond donors (Lipinski definition) is 2. The second kappa shape index (κ2) is 5.87. The number of carbonyl (C=O) groups excluding carboxylic acids is 1. The van der Waals surface area contributed by atoms with Crippen molar-refractivity contribution in [2.45, 2.75) is 20.8 Å². The van der Waals surface area contributed by atoms with Gasteiger partial charge >= 0.3 is 0 Å². The Hall–Kier alpha value is -2.49. The molecule has 0 saturated carbocycles. The van der Waals surface area contributed by atoms with E-state index in [2.05, 4.69) is 5.32 Å². The number of nitrogens with two attached hydrogens (primary N) is 1. The summed E-state index contributed by atoms with van der Waals surface area (Å²) in [5.74, 6) is 0.425. The standard InChI is InChI=1S/C17H20N2O2/c1-10-7-11(2)16(12(3)8-10)17(20)19-14-9-13(18)5-6-15(14)21-4/h5-9H,18H2,1-4H3,(H,19,20). The van der Waals surface area contributed by atoms with E-state index in [1.807, 2.05) is 32.9 Å². The highest BCUT2D eigenvalue weighted by Gasteiger charge is 2.15. The van der Waals surface area contributed by atoms with Crippen LogP contribution in [0.25, 0.3) is 0 Å². The number of nitrogens with one attached hydrogen (secondary N) is 1. The third-order valence-electron chi connectivity index (χ3n) is 3.38. The summed E-state index contributed by atoms with van der Waals surface area (Å²) in [5, 5.41) is 2.88. The Kier molecular flexibility index (Phi) is 4.17. The molecule has 2 rings (SSSR count). The lowest BCUT2D eigenvalue weighted by atomic mass is 9.99. The first kappa shape index (κ1) is 14.9. The number of methoxy groups -OCH3 is 1. The van der Waals surface area contributed by atoms with Crippen LogP contribution in [0.5, 0.6) is 5.75 Å². The summed E-state index contributed by atoms with van der Waals surface area (Å²) in [6, 6.07) is 9.16. The van der Waals surface area contributed by atoms with E-state index < -0.39 is 0 Å². The van der Waals surface area contributed by atoms with Gasteiger partial charge in [-0.1, -0.05) is 17.7 Å². The average Bonchev–Trinajstić information content (AvgIpc) is 2.37. The number of benzene rings is 2. The molecule has 110 valence electrons. The molecule has 0 heterocycles. The Morgan fingerprint density at radius 2 is 1.71 bits per heavy atom. The van der Waals surface area contributed by atoms with Gasteiger partial charge in [-0.15, -0.1) is 0 Å². The van der Waals surface area contributed by atoms with Crippen LogP contribution in [0.4, 0.5) is 11.4 Å². The Labute approximate surface area is 124 Å². The molecular formula is C17H20N2O2. The quantitative estimate of drug-likeness (QED) is 0.848. The van der Waals surface area contributed by atoms with E-state index in [9.17, 15) is 4.79 Å². The minimum atomic E-state index is -0.158. The second-order valence-electron chi connectivity index (χ2n) is 5.19. The molecule has 4 nitrogen and oxygen atoms in total. The molecule has 0 saturated heterocycles. The summed E-state index contributed by atoms with van der Waals surface area (Å²) in [6.45, 7) is 5.89. The number of amides is 1. The van der Waals surface area contributed by atoms with Gasteiger partial charge in [-0.05, 0) is 50.1 Å². The maximum absolute atomic E-state index is 12.5. The Bertz CT molecular complexity index is 670. The zero-order valence-electron chi connectivity index (χ0n) is 12.8. The average molecular weight is 284 g/mol. The van der Waals surface area contributed by atoms with Gasteiger partial charge in [0.05, 0.1) is 12.8 Å². The van der Waals surface area contributed by atoms with E-state index >= 15 is 0 Å². The minimum absolute atomic E-state index is 0.158. The molecule has 4 heteroatoms. The molecule has 0 fully saturated rings. The van der Waals surface area contributed by atoms with Crippen molar-refractivity contribution in [3.8, 4) is 5.75 Å². The van der Waals surface area contributed by atoms with E-state index in [1.54, 1.807) is 25.3 Å². The van der Waals surface area contributed by atoms with Gasteiger partial charge in [0.1, 0.15) is 5.75 Å². The first-order valence-corrected chi connectivity index (χ1v) is 6.75. The smallest absolute Gasteiger partial charge is 0.256 e. The van der Waals surface area contributed by atoms with Crippen molar-refractivity contribution < 1.29 is 9.53 Å². The topological polar surface area (TPSA) is 64.3 Å². The van der Waals surface area contributed by atoms with Gasteiger partial charge in [0.15, 0.2) is 0 Å². The fraction of sp³-hybridized carbons (Fsp3) is 0.235. The SMILES string of the molecule is COc1ccc(N)cc1NC(=O)c1c(C)cc(C)cc1C. The van der Waals surface area contributed by atoms with E-state index in [0.29, 0.717) is 22.7 Å². The van der Waals surface area contributed by atoms with Gasteiger partial charge in [0, 0.05) is 11.3 Å². The van der Waals surface area contributed by atoms with Crippen LogP contribution in [-0.4, -0.2) is 13.0 Å². The normalized spacial score (nSPS) is 10.3. The van der Waals surface area contributed by atoms with Crippen molar-refractivity contribution in [3.63, 3.8) is 0 Å². The van der Waals surface area contributed by atoms with Crippen molar-refractivity contribution in [1.29, 1.82) is 0 Å². The number of rotatable bonds is 3. The fourth-order valence-corrected chi connectivity index (χ4v) is 2.55. The lowest BCUT2D eigenvalue weighted by Crippen LogP contribution is -2.16. The highest BCUT2D eigenvalue weighted by Crippen LogP contribution is 2.28. The first-order valence-electron chi connectivity index (χ1n) is 6.75. The second-order valence-corrected chi connectivity index (χ2v) is 5.19. The number of aryl methyl sites for hydroxylation is 3. The molecule has 0 aliphatic carbocycles. The number of anilines is 2. The maximum atomic E-state index is 12.5. The summed E-state index contributed by atoms with van der Waals surface area (Å²) in [7, 11) is 1.56. The van der Waals surface area contributed by atoms with Crippen LogP contribution in [0.15, 0.2) is 30.3 Å². The summed E-state index contributed by atoms with van der Waals surface area (Å²) in [4.78, 5) is 12.5. The van der Waals surface area contributed by atoms with E-state index in [-0.39, 0.29) is 5.91 Å². The molecule has 0 spiro atoms. The molecule has 0 atom stereocenters. The highest BCUT2D eigenvalue weighted by atomic mass is 16.5. The third-order valence-corrected chi connectivity index (χ3v) is 3.38. The van der Waals surface area contributed by atoms with Crippen molar-refractivity contribution in [3.05, 3.63) is 52.6 Å². The van der Waals surface area contributed by atoms with Crippen LogP contribution in [0.2, 0.25) is 0 Å². The molecule has 0 unspecified atom stereocenters. The van der Waals surface area contributed by atoms with Gasteiger partial charge in [0.25, 0.3) is 5.91 Å². The van der Waals surface area contributed by atoms with Crippen LogP contribution in [0.3, 0.4) is 0 Å². The van der Waals surface area contributed by atoms with Crippen LogP contribution in [-0.2, 0) is 0 Å². The van der Waals surface area contributed by atoms with E-state index in [4.69, 9.17) is 10.5 Å². The molecular weight excluding hydrogens is 264 g/mol. The van der Waals surface area contributed by atoms with Crippen LogP contribution < -0.4 is 15.8 Å². The summed E-state index contributed by atoms with van der Waals surface area (Å²) in [6.07, 6.45) is 0. The Morgan fingerprint density at radius 3 is 2.29 bits per heavy atom. The number of nitrogen functional groups attached to an aromatic ring is 1. The predicted molar refractivity (Wildman–Crippen MR) is 86.0 cm³/mol. The zero-order valence-corrected chi connectivity index (χ0v) is 12.8. The predicted octanol–water partition coefficient (Wildman–Crippen LogP) is 3.45. The number of carbonyl (C=O) groups is 1. The molecule has 1 amide bonds. The first-order chi connectivity index (χ1) is 9.92. The monoisotopic (exact) mass is 284 g/mol. The molecule has 21 heavy (non-hydrogen) atoms. The molecule has 2 aromatic rings. The fourth-order valence-electron chi connectivity index (χ4n) is 2.55. The van der Waals surface area contributed by atoms with Gasteiger partial charge in [-0.2, -0.15) is 0 Å². The largest absolute Gasteiger partial charge is 0.495 e. The van der Waals surface area contributed by atoms with Crippen molar-refractivity contribution in [1.82, 2.24) is 0 Å². The Morgan fingerprint density at radius 1 is 1.10 bits per heavy atom. The summed E-state index contributed by atoms with van der Waals surface area (Å²) < 4.78 is 5.25. The minimum Gasteiger partial charge on any atom is -0.495 e. The molecule has 0 radical (unpaired) electrons. The maximum Gasteiger partial charge on any atom is 0.256 e. The molecule has 2 aromatic carbocycles. The molecule has 3 N–H and O–H groups in total. The lowest BCUT2D eigenvalue weighted by molar-refractivity contribution is 0.102. The summed E-state index contributed by atoms with van der Waals surface area (Å²) >= 11 is 0. The van der Waals surface area contributed by atoms with E-state index in [0.717, 1.165) is 16.7 Å². The molecule has 0 aliphatic heterocycles. The van der Waals surface area contributed by atoms with Gasteiger partial charge < -0.3 is 15.8 Å². The van der Waals surface area contributed by atoms with E-state index in [1.165, 1.54) is 0 Å². The Balaban J connectivity index is 2.37. The van der Waals surface area contributed by atoms with Gasteiger partial charge in [0.2, 0.25) is 0 Å². The molecule has 0 aromatic heterocycles. The molecule has 0 bridgehead atoms. The summed E-state index contributed by atoms with van der Waals surface area (Å²) in [5.41, 5.74) is 10.6. The van der Waals surface area contributed by atoms with Crippen LogP contribution in [0, 0.1) is 20.8 Å². The lowest BCUT2D eigenvalue weighted by Gasteiger charge is -2.14. The van der Waals surface area contributed by atoms with Gasteiger partial charge in [-0.3, -0.25) is 4.79 Å². The van der Waals surface area contributed by atoms with Crippen molar-refractivity contribution in [2.24, 2.45) is 0 Å². The molecule has 0 aliphatic rings. The highest BCUT2D eigenvalue weighted by molar-refractivity contribution is 6.07. The van der Waals surface area contributed by atoms with Crippen LogP contribution >= 0.6 is 0 Å². The zero-order chi connectivity index (χ0) is 15.6. The van der Waals surface area contributed by atoms with Gasteiger partial charge in [-0.25, -0.2) is 0 Å². The van der Waals surface area contributed by atoms with Crippen molar-refractivity contribution >= 4 is 17.3 Å².